The average Bonchev–Trinajstić information content (AvgIpc) is 3.72. The molecule has 0 spiro atoms. The normalized spacial score (nSPS) is 14.8. The van der Waals surface area contributed by atoms with E-state index in [4.69, 9.17) is 31.5 Å². The van der Waals surface area contributed by atoms with E-state index in [1.54, 1.807) is 12.1 Å². The number of Topliss-reactive ketones (excluding diaryl/α,β-unsaturated/α-hetero) is 1. The van der Waals surface area contributed by atoms with Gasteiger partial charge in [-0.25, -0.2) is 18.2 Å². The lowest BCUT2D eigenvalue weighted by Gasteiger charge is -2.28. The van der Waals surface area contributed by atoms with Gasteiger partial charge in [0.1, 0.15) is 22.8 Å². The molecule has 0 amide bonds. The van der Waals surface area contributed by atoms with Crippen molar-refractivity contribution in [2.24, 2.45) is 5.73 Å². The topological polar surface area (TPSA) is 83.7 Å². The molecule has 2 aromatic carbocycles. The van der Waals surface area contributed by atoms with Crippen LogP contribution in [0.15, 0.2) is 48.5 Å². The fourth-order valence-electron chi connectivity index (χ4n) is 3.84. The summed E-state index contributed by atoms with van der Waals surface area (Å²) in [4.78, 5) is 17.3. The van der Waals surface area contributed by atoms with Gasteiger partial charge in [-0.3, -0.25) is 4.79 Å². The number of nitrogens with zero attached hydrogens (tertiary/aromatic N) is 1. The Labute approximate surface area is 217 Å². The molecule has 2 N–H and O–H groups in total. The summed E-state index contributed by atoms with van der Waals surface area (Å²) in [6.07, 6.45) is -1.61. The number of aromatic nitrogens is 1. The molecule has 0 saturated heterocycles. The number of hydrogen-bond acceptors (Lipinski definition) is 6. The minimum atomic E-state index is -3.03. The molecule has 10 heteroatoms. The molecular weight excluding hydrogens is 509 g/mol. The summed E-state index contributed by atoms with van der Waals surface area (Å²) in [5, 5.41) is -0.158. The Bertz CT molecular complexity index is 1300. The lowest BCUT2D eigenvalue weighted by molar-refractivity contribution is 0.0423. The Hall–Kier alpha value is -3.30. The van der Waals surface area contributed by atoms with Crippen LogP contribution in [0.1, 0.15) is 41.7 Å². The van der Waals surface area contributed by atoms with Crippen molar-refractivity contribution < 1.29 is 32.2 Å². The molecule has 0 bridgehead atoms. The number of carbonyl (C=O) groups is 1. The molecule has 6 nitrogen and oxygen atoms in total. The number of nitrogens with two attached hydrogens (primary N) is 1. The first-order valence-electron chi connectivity index (χ1n) is 11.6. The van der Waals surface area contributed by atoms with Crippen molar-refractivity contribution in [2.45, 2.75) is 43.8 Å². The van der Waals surface area contributed by atoms with Crippen molar-refractivity contribution in [3.8, 4) is 28.5 Å². The van der Waals surface area contributed by atoms with Crippen molar-refractivity contribution >= 4 is 17.4 Å². The van der Waals surface area contributed by atoms with Crippen LogP contribution >= 0.6 is 11.6 Å². The molecule has 1 aliphatic rings. The van der Waals surface area contributed by atoms with Crippen molar-refractivity contribution in [1.29, 1.82) is 0 Å². The lowest BCUT2D eigenvalue weighted by atomic mass is 9.88. The number of alkyl halides is 2. The highest BCUT2D eigenvalue weighted by Crippen LogP contribution is 2.37. The van der Waals surface area contributed by atoms with Crippen LogP contribution in [0.5, 0.6) is 17.2 Å². The van der Waals surface area contributed by atoms with Gasteiger partial charge >= 0.3 is 0 Å². The van der Waals surface area contributed by atoms with Crippen LogP contribution in [-0.2, 0) is 5.54 Å². The molecule has 1 fully saturated rings. The lowest BCUT2D eigenvalue weighted by Crippen LogP contribution is -2.45. The smallest absolute Gasteiger partial charge is 0.261 e. The number of ketones is 1. The predicted octanol–water partition coefficient (Wildman–Crippen LogP) is 6.18. The largest absolute Gasteiger partial charge is 0.494 e. The molecular formula is C27H26ClF3N2O4. The van der Waals surface area contributed by atoms with Gasteiger partial charge in [-0.15, -0.1) is 0 Å². The minimum Gasteiger partial charge on any atom is -0.494 e. The van der Waals surface area contributed by atoms with E-state index in [-0.39, 0.29) is 46.9 Å². The Morgan fingerprint density at radius 2 is 1.78 bits per heavy atom. The highest BCUT2D eigenvalue weighted by atomic mass is 35.5. The molecule has 4 rings (SSSR count). The Balaban J connectivity index is 1.59. The van der Waals surface area contributed by atoms with Crippen molar-refractivity contribution in [3.63, 3.8) is 0 Å². The quantitative estimate of drug-likeness (QED) is 0.296. The van der Waals surface area contributed by atoms with Gasteiger partial charge < -0.3 is 19.9 Å². The Morgan fingerprint density at radius 1 is 1.08 bits per heavy atom. The van der Waals surface area contributed by atoms with E-state index in [2.05, 4.69) is 4.98 Å². The molecule has 0 radical (unpaired) electrons. The summed E-state index contributed by atoms with van der Waals surface area (Å²) in [5.74, 6) is 0.164. The zero-order valence-electron chi connectivity index (χ0n) is 20.3. The number of halogens is 4. The SMILES string of the molecule is COc1cc(C(=O)CCC(N)(c2ccc(OC)c(-c3ccc(F)c(Cl)c3)n2)C(F)F)ccc1OC1CC1. The molecule has 0 aliphatic heterocycles. The maximum atomic E-state index is 14.3. The highest BCUT2D eigenvalue weighted by molar-refractivity contribution is 6.31. The van der Waals surface area contributed by atoms with E-state index in [0.29, 0.717) is 22.6 Å². The summed E-state index contributed by atoms with van der Waals surface area (Å²) >= 11 is 5.90. The Kier molecular flexibility index (Phi) is 7.94. The van der Waals surface area contributed by atoms with Crippen LogP contribution in [0.3, 0.4) is 0 Å². The zero-order valence-corrected chi connectivity index (χ0v) is 21.0. The van der Waals surface area contributed by atoms with Gasteiger partial charge in [-0.2, -0.15) is 0 Å². The molecule has 1 heterocycles. The van der Waals surface area contributed by atoms with Crippen molar-refractivity contribution in [3.05, 3.63) is 70.6 Å². The predicted molar refractivity (Wildman–Crippen MR) is 133 cm³/mol. The second-order valence-electron chi connectivity index (χ2n) is 8.82. The van der Waals surface area contributed by atoms with Gasteiger partial charge in [0, 0.05) is 17.5 Å². The molecule has 37 heavy (non-hydrogen) atoms. The second-order valence-corrected chi connectivity index (χ2v) is 9.23. The monoisotopic (exact) mass is 534 g/mol. The number of pyridine rings is 1. The first-order chi connectivity index (χ1) is 17.7. The second kappa shape index (κ2) is 11.0. The molecule has 196 valence electrons. The van der Waals surface area contributed by atoms with Gasteiger partial charge in [0.05, 0.1) is 31.0 Å². The fourth-order valence-corrected chi connectivity index (χ4v) is 4.02. The third-order valence-electron chi connectivity index (χ3n) is 6.21. The van der Waals surface area contributed by atoms with Crippen LogP contribution in [0.2, 0.25) is 5.02 Å². The van der Waals surface area contributed by atoms with Crippen molar-refractivity contribution in [2.75, 3.05) is 14.2 Å². The summed E-state index contributed by atoms with van der Waals surface area (Å²) in [5.41, 5.74) is 4.63. The van der Waals surface area contributed by atoms with E-state index in [9.17, 15) is 18.0 Å². The number of methoxy groups -OCH3 is 2. The first-order valence-corrected chi connectivity index (χ1v) is 12.0. The van der Waals surface area contributed by atoms with E-state index >= 15 is 0 Å². The van der Waals surface area contributed by atoms with Gasteiger partial charge in [-0.05, 0) is 67.8 Å². The fraction of sp³-hybridized carbons (Fsp3) is 0.333. The summed E-state index contributed by atoms with van der Waals surface area (Å²) in [6, 6.07) is 11.4. The third kappa shape index (κ3) is 5.83. The van der Waals surface area contributed by atoms with E-state index in [1.165, 1.54) is 44.6 Å². The summed E-state index contributed by atoms with van der Waals surface area (Å²) in [7, 11) is 2.86. The molecule has 1 atom stereocenters. The van der Waals surface area contributed by atoms with Crippen LogP contribution in [-0.4, -0.2) is 37.5 Å². The highest BCUT2D eigenvalue weighted by Gasteiger charge is 2.40. The van der Waals surface area contributed by atoms with Crippen LogP contribution in [0.4, 0.5) is 13.2 Å². The number of rotatable bonds is 11. The van der Waals surface area contributed by atoms with Crippen LogP contribution in [0, 0.1) is 5.82 Å². The zero-order chi connectivity index (χ0) is 26.7. The maximum absolute atomic E-state index is 14.3. The standard InChI is InChI=1S/C27H26ClF3N2O4/c1-35-22-9-10-24(33-25(22)16-3-7-19(29)18(28)13-16)27(32,26(30)31)12-11-20(34)15-4-8-21(23(14-15)36-2)37-17-5-6-17/h3-4,7-10,13-14,17,26H,5-6,11-12,32H2,1-2H3. The van der Waals surface area contributed by atoms with Gasteiger partial charge in [0.25, 0.3) is 6.43 Å². The third-order valence-corrected chi connectivity index (χ3v) is 6.50. The van der Waals surface area contributed by atoms with Gasteiger partial charge in [-0.1, -0.05) is 11.6 Å². The number of ether oxygens (including phenoxy) is 3. The molecule has 3 aromatic rings. The Morgan fingerprint density at radius 3 is 2.41 bits per heavy atom. The minimum absolute atomic E-state index is 0.141. The van der Waals surface area contributed by atoms with Crippen LogP contribution < -0.4 is 19.9 Å². The maximum Gasteiger partial charge on any atom is 0.261 e. The van der Waals surface area contributed by atoms with E-state index in [0.717, 1.165) is 18.9 Å². The van der Waals surface area contributed by atoms with E-state index in [1.807, 2.05) is 0 Å². The van der Waals surface area contributed by atoms with Gasteiger partial charge in [0.15, 0.2) is 17.3 Å². The van der Waals surface area contributed by atoms with Gasteiger partial charge in [0.2, 0.25) is 0 Å². The molecule has 1 aromatic heterocycles. The molecule has 1 aliphatic carbocycles. The summed E-state index contributed by atoms with van der Waals surface area (Å²) in [6.45, 7) is 0. The summed E-state index contributed by atoms with van der Waals surface area (Å²) < 4.78 is 58.8. The van der Waals surface area contributed by atoms with E-state index < -0.39 is 17.8 Å². The number of carbonyl (C=O) groups excluding carboxylic acids is 1. The molecule has 1 saturated carbocycles. The molecule has 1 unspecified atom stereocenters. The van der Waals surface area contributed by atoms with Crippen LogP contribution in [0.25, 0.3) is 11.3 Å². The van der Waals surface area contributed by atoms with Crippen molar-refractivity contribution in [1.82, 2.24) is 4.98 Å². The number of hydrogen-bond donors (Lipinski definition) is 1. The first kappa shape index (κ1) is 26.8. The average molecular weight is 535 g/mol. The number of benzene rings is 2.